The highest BCUT2D eigenvalue weighted by Gasteiger charge is 2.26. The second kappa shape index (κ2) is 5.95. The van der Waals surface area contributed by atoms with Gasteiger partial charge in [0.2, 0.25) is 0 Å². The monoisotopic (exact) mass is 321 g/mol. The van der Waals surface area contributed by atoms with E-state index in [1.807, 2.05) is 0 Å². The second-order valence-corrected chi connectivity index (χ2v) is 5.25. The minimum atomic E-state index is -2.82. The van der Waals surface area contributed by atoms with Crippen molar-refractivity contribution in [1.82, 2.24) is 5.32 Å². The third kappa shape index (κ3) is 3.63. The van der Waals surface area contributed by atoms with Crippen LogP contribution in [0.1, 0.15) is 18.4 Å². The van der Waals surface area contributed by atoms with Crippen molar-refractivity contribution in [2.24, 2.45) is 0 Å². The standard InChI is InChI=1S/C12H14BrF2NO2/c13-8-1-2-11(18-12(14)15)7(3-8)6-16-9-4-10(17)5-9/h1-3,9-10,12,16-17H,4-6H2. The minimum absolute atomic E-state index is 0.181. The molecule has 3 nitrogen and oxygen atoms in total. The highest BCUT2D eigenvalue weighted by atomic mass is 79.9. The molecular formula is C12H14BrF2NO2. The molecule has 1 fully saturated rings. The molecule has 0 amide bonds. The van der Waals surface area contributed by atoms with Crippen LogP contribution in [0.3, 0.4) is 0 Å². The van der Waals surface area contributed by atoms with E-state index >= 15 is 0 Å². The zero-order valence-corrected chi connectivity index (χ0v) is 11.2. The fourth-order valence-corrected chi connectivity index (χ4v) is 2.31. The van der Waals surface area contributed by atoms with Gasteiger partial charge in [-0.25, -0.2) is 0 Å². The number of alkyl halides is 2. The van der Waals surface area contributed by atoms with E-state index < -0.39 is 6.61 Å². The average Bonchev–Trinajstić information content (AvgIpc) is 2.25. The summed E-state index contributed by atoms with van der Waals surface area (Å²) in [7, 11) is 0. The molecule has 0 spiro atoms. The summed E-state index contributed by atoms with van der Waals surface area (Å²) in [5.74, 6) is 0.181. The normalized spacial score (nSPS) is 22.9. The molecule has 0 unspecified atom stereocenters. The third-order valence-electron chi connectivity index (χ3n) is 2.93. The largest absolute Gasteiger partial charge is 0.434 e. The summed E-state index contributed by atoms with van der Waals surface area (Å²) in [6.07, 6.45) is 1.18. The van der Waals surface area contributed by atoms with Gasteiger partial charge in [-0.2, -0.15) is 8.78 Å². The first-order valence-corrected chi connectivity index (χ1v) is 6.48. The molecule has 2 rings (SSSR count). The summed E-state index contributed by atoms with van der Waals surface area (Å²) < 4.78 is 29.8. The summed E-state index contributed by atoms with van der Waals surface area (Å²) in [6.45, 7) is -2.38. The maximum atomic E-state index is 12.2. The number of rotatable bonds is 5. The van der Waals surface area contributed by atoms with Crippen molar-refractivity contribution in [2.45, 2.75) is 38.1 Å². The maximum absolute atomic E-state index is 12.2. The predicted molar refractivity (Wildman–Crippen MR) is 66.6 cm³/mol. The summed E-state index contributed by atoms with van der Waals surface area (Å²) in [5, 5.41) is 12.4. The van der Waals surface area contributed by atoms with Crippen molar-refractivity contribution in [3.05, 3.63) is 28.2 Å². The fourth-order valence-electron chi connectivity index (χ4n) is 1.91. The average molecular weight is 322 g/mol. The summed E-state index contributed by atoms with van der Waals surface area (Å²) in [5.41, 5.74) is 0.672. The number of hydrogen-bond acceptors (Lipinski definition) is 3. The second-order valence-electron chi connectivity index (χ2n) is 4.33. The van der Waals surface area contributed by atoms with Gasteiger partial charge >= 0.3 is 6.61 Å². The smallest absolute Gasteiger partial charge is 0.387 e. The lowest BCUT2D eigenvalue weighted by atomic mass is 9.89. The van der Waals surface area contributed by atoms with Crippen LogP contribution >= 0.6 is 15.9 Å². The van der Waals surface area contributed by atoms with Crippen molar-refractivity contribution in [3.8, 4) is 5.75 Å². The topological polar surface area (TPSA) is 41.5 Å². The van der Waals surface area contributed by atoms with Gasteiger partial charge in [0.05, 0.1) is 6.10 Å². The van der Waals surface area contributed by atoms with Crippen molar-refractivity contribution in [3.63, 3.8) is 0 Å². The SMILES string of the molecule is OC1CC(NCc2cc(Br)ccc2OC(F)F)C1. The zero-order chi connectivity index (χ0) is 13.1. The van der Waals surface area contributed by atoms with E-state index in [1.165, 1.54) is 6.07 Å². The van der Waals surface area contributed by atoms with Crippen LogP contribution < -0.4 is 10.1 Å². The van der Waals surface area contributed by atoms with E-state index in [4.69, 9.17) is 5.11 Å². The van der Waals surface area contributed by atoms with E-state index in [9.17, 15) is 8.78 Å². The zero-order valence-electron chi connectivity index (χ0n) is 9.57. The molecule has 0 heterocycles. The van der Waals surface area contributed by atoms with Crippen LogP contribution in [0.15, 0.2) is 22.7 Å². The lowest BCUT2D eigenvalue weighted by Crippen LogP contribution is -2.43. The van der Waals surface area contributed by atoms with Crippen molar-refractivity contribution in [1.29, 1.82) is 0 Å². The van der Waals surface area contributed by atoms with Crippen LogP contribution in [-0.4, -0.2) is 23.9 Å². The quantitative estimate of drug-likeness (QED) is 0.876. The first kappa shape index (κ1) is 13.7. The Bertz CT molecular complexity index is 411. The Morgan fingerprint density at radius 1 is 1.44 bits per heavy atom. The highest BCUT2D eigenvalue weighted by molar-refractivity contribution is 9.10. The lowest BCUT2D eigenvalue weighted by Gasteiger charge is -2.32. The van der Waals surface area contributed by atoms with Crippen molar-refractivity contribution >= 4 is 15.9 Å². The molecule has 6 heteroatoms. The molecule has 1 aromatic carbocycles. The van der Waals surface area contributed by atoms with Gasteiger partial charge in [-0.05, 0) is 31.0 Å². The van der Waals surface area contributed by atoms with E-state index in [-0.39, 0.29) is 17.9 Å². The van der Waals surface area contributed by atoms with Crippen LogP contribution in [0.25, 0.3) is 0 Å². The van der Waals surface area contributed by atoms with Gasteiger partial charge in [-0.1, -0.05) is 15.9 Å². The molecule has 0 aliphatic heterocycles. The molecule has 1 aliphatic carbocycles. The number of hydrogen-bond donors (Lipinski definition) is 2. The van der Waals surface area contributed by atoms with Crippen LogP contribution in [0.5, 0.6) is 5.75 Å². The first-order chi connectivity index (χ1) is 8.54. The lowest BCUT2D eigenvalue weighted by molar-refractivity contribution is -0.0505. The molecule has 100 valence electrons. The number of benzene rings is 1. The van der Waals surface area contributed by atoms with Gasteiger partial charge in [0, 0.05) is 22.6 Å². The maximum Gasteiger partial charge on any atom is 0.387 e. The third-order valence-corrected chi connectivity index (χ3v) is 3.43. The van der Waals surface area contributed by atoms with Crippen LogP contribution in [0.4, 0.5) is 8.78 Å². The Labute approximate surface area is 112 Å². The van der Waals surface area contributed by atoms with Gasteiger partial charge in [0.25, 0.3) is 0 Å². The van der Waals surface area contributed by atoms with Gasteiger partial charge in [-0.3, -0.25) is 0 Å². The highest BCUT2D eigenvalue weighted by Crippen LogP contribution is 2.26. The Hall–Kier alpha value is -0.720. The van der Waals surface area contributed by atoms with Crippen LogP contribution in [0, 0.1) is 0 Å². The molecule has 0 aromatic heterocycles. The van der Waals surface area contributed by atoms with Gasteiger partial charge in [0.1, 0.15) is 5.75 Å². The van der Waals surface area contributed by atoms with Gasteiger partial charge in [0.15, 0.2) is 0 Å². The Balaban J connectivity index is 1.98. The van der Waals surface area contributed by atoms with Gasteiger partial charge in [-0.15, -0.1) is 0 Å². The summed E-state index contributed by atoms with van der Waals surface area (Å²) in [4.78, 5) is 0. The molecule has 0 saturated heterocycles. The first-order valence-electron chi connectivity index (χ1n) is 5.69. The van der Waals surface area contributed by atoms with Crippen LogP contribution in [0.2, 0.25) is 0 Å². The summed E-state index contributed by atoms with van der Waals surface area (Å²) >= 11 is 3.30. The summed E-state index contributed by atoms with van der Waals surface area (Å²) in [6, 6.07) is 5.18. The van der Waals surface area contributed by atoms with Gasteiger partial charge < -0.3 is 15.2 Å². The predicted octanol–water partition coefficient (Wildman–Crippen LogP) is 2.66. The van der Waals surface area contributed by atoms with E-state index in [0.29, 0.717) is 24.9 Å². The Morgan fingerprint density at radius 3 is 2.78 bits per heavy atom. The Morgan fingerprint density at radius 2 is 2.17 bits per heavy atom. The molecule has 0 radical (unpaired) electrons. The number of ether oxygens (including phenoxy) is 1. The van der Waals surface area contributed by atoms with Crippen LogP contribution in [-0.2, 0) is 6.54 Å². The van der Waals surface area contributed by atoms with E-state index in [2.05, 4.69) is 26.0 Å². The molecule has 1 aromatic rings. The molecule has 0 bridgehead atoms. The molecule has 0 atom stereocenters. The molecule has 18 heavy (non-hydrogen) atoms. The number of aliphatic hydroxyl groups is 1. The fraction of sp³-hybridized carbons (Fsp3) is 0.500. The molecule has 1 aliphatic rings. The van der Waals surface area contributed by atoms with E-state index in [1.54, 1.807) is 12.1 Å². The molecular weight excluding hydrogens is 308 g/mol. The van der Waals surface area contributed by atoms with Crippen molar-refractivity contribution < 1.29 is 18.6 Å². The Kier molecular flexibility index (Phi) is 4.53. The molecule has 2 N–H and O–H groups in total. The number of aliphatic hydroxyl groups excluding tert-OH is 1. The molecule has 1 saturated carbocycles. The minimum Gasteiger partial charge on any atom is -0.434 e. The number of halogens is 3. The van der Waals surface area contributed by atoms with E-state index in [0.717, 1.165) is 4.47 Å². The van der Waals surface area contributed by atoms with Crippen molar-refractivity contribution in [2.75, 3.05) is 0 Å². The number of nitrogens with one attached hydrogen (secondary N) is 1.